The molecule has 1 amide bonds. The zero-order valence-corrected chi connectivity index (χ0v) is 13.5. The van der Waals surface area contributed by atoms with Gasteiger partial charge in [-0.3, -0.25) is 14.7 Å². The van der Waals surface area contributed by atoms with Gasteiger partial charge in [0, 0.05) is 45.3 Å². The number of aromatic nitrogens is 1. The highest BCUT2D eigenvalue weighted by molar-refractivity contribution is 7.07. The minimum atomic E-state index is 0.281. The number of aryl methyl sites for hydroxylation is 1. The van der Waals surface area contributed by atoms with Gasteiger partial charge in [0.1, 0.15) is 0 Å². The van der Waals surface area contributed by atoms with Gasteiger partial charge in [0.25, 0.3) is 0 Å². The quantitative estimate of drug-likeness (QED) is 0.850. The fraction of sp³-hybridized carbons (Fsp3) is 0.412. The first kappa shape index (κ1) is 15.2. The van der Waals surface area contributed by atoms with E-state index >= 15 is 0 Å². The average molecular weight is 315 g/mol. The predicted molar refractivity (Wildman–Crippen MR) is 88.7 cm³/mol. The molecule has 0 radical (unpaired) electrons. The van der Waals surface area contributed by atoms with Crippen molar-refractivity contribution >= 4 is 17.2 Å². The van der Waals surface area contributed by atoms with Gasteiger partial charge in [-0.2, -0.15) is 11.3 Å². The van der Waals surface area contributed by atoms with E-state index in [-0.39, 0.29) is 5.91 Å². The molecule has 3 heterocycles. The fourth-order valence-corrected chi connectivity index (χ4v) is 3.42. The smallest absolute Gasteiger partial charge is 0.222 e. The Morgan fingerprint density at radius 3 is 2.73 bits per heavy atom. The van der Waals surface area contributed by atoms with Crippen LogP contribution in [-0.2, 0) is 17.8 Å². The first-order chi connectivity index (χ1) is 10.8. The third-order valence-corrected chi connectivity index (χ3v) is 4.78. The maximum absolute atomic E-state index is 12.3. The fourth-order valence-electron chi connectivity index (χ4n) is 2.72. The Hall–Kier alpha value is -1.72. The van der Waals surface area contributed by atoms with Gasteiger partial charge in [0.15, 0.2) is 0 Å². The van der Waals surface area contributed by atoms with E-state index in [2.05, 4.69) is 32.8 Å². The molecule has 0 saturated carbocycles. The predicted octanol–water partition coefficient (Wildman–Crippen LogP) is 2.42. The summed E-state index contributed by atoms with van der Waals surface area (Å²) in [6.45, 7) is 4.39. The van der Waals surface area contributed by atoms with Crippen LogP contribution in [0.3, 0.4) is 0 Å². The second-order valence-corrected chi connectivity index (χ2v) is 6.39. The molecule has 1 aliphatic rings. The van der Waals surface area contributed by atoms with Gasteiger partial charge in [-0.25, -0.2) is 0 Å². The molecule has 22 heavy (non-hydrogen) atoms. The zero-order chi connectivity index (χ0) is 15.2. The van der Waals surface area contributed by atoms with Gasteiger partial charge in [-0.1, -0.05) is 6.07 Å². The molecule has 0 bridgehead atoms. The lowest BCUT2D eigenvalue weighted by Crippen LogP contribution is -2.48. The molecule has 0 atom stereocenters. The molecule has 1 saturated heterocycles. The van der Waals surface area contributed by atoms with E-state index in [0.29, 0.717) is 6.42 Å². The molecule has 0 aromatic carbocycles. The Bertz CT molecular complexity index is 577. The number of nitrogens with zero attached hydrogens (tertiary/aromatic N) is 3. The second kappa shape index (κ2) is 7.51. The molecule has 0 spiro atoms. The van der Waals surface area contributed by atoms with Gasteiger partial charge >= 0.3 is 0 Å². The van der Waals surface area contributed by atoms with Crippen molar-refractivity contribution in [3.8, 4) is 0 Å². The Labute approximate surface area is 135 Å². The molecular formula is C17H21N3OS. The molecule has 0 unspecified atom stereocenters. The first-order valence-electron chi connectivity index (χ1n) is 7.72. The molecule has 0 N–H and O–H groups in total. The highest BCUT2D eigenvalue weighted by Crippen LogP contribution is 2.11. The van der Waals surface area contributed by atoms with Gasteiger partial charge in [-0.05, 0) is 40.9 Å². The Kier molecular flexibility index (Phi) is 5.19. The van der Waals surface area contributed by atoms with Crippen molar-refractivity contribution in [1.29, 1.82) is 0 Å². The number of carbonyl (C=O) groups is 1. The van der Waals surface area contributed by atoms with Crippen LogP contribution in [0.1, 0.15) is 17.7 Å². The summed E-state index contributed by atoms with van der Waals surface area (Å²) in [5.41, 5.74) is 2.37. The average Bonchev–Trinajstić information content (AvgIpc) is 3.08. The Balaban J connectivity index is 1.42. The summed E-state index contributed by atoms with van der Waals surface area (Å²) in [6.07, 6.45) is 3.31. The van der Waals surface area contributed by atoms with Gasteiger partial charge in [0.05, 0.1) is 5.69 Å². The van der Waals surface area contributed by atoms with Crippen molar-refractivity contribution < 1.29 is 4.79 Å². The second-order valence-electron chi connectivity index (χ2n) is 5.61. The summed E-state index contributed by atoms with van der Waals surface area (Å²) in [5, 5.41) is 4.19. The van der Waals surface area contributed by atoms with E-state index in [0.717, 1.165) is 44.8 Å². The lowest BCUT2D eigenvalue weighted by atomic mass is 10.1. The van der Waals surface area contributed by atoms with Crippen LogP contribution < -0.4 is 0 Å². The third kappa shape index (κ3) is 4.15. The SMILES string of the molecule is O=C(CCc1ccsc1)N1CCN(Cc2ccccn2)CC1. The van der Waals surface area contributed by atoms with Crippen LogP contribution in [0.4, 0.5) is 0 Å². The lowest BCUT2D eigenvalue weighted by molar-refractivity contribution is -0.133. The summed E-state index contributed by atoms with van der Waals surface area (Å²) in [4.78, 5) is 21.0. The van der Waals surface area contributed by atoms with Crippen molar-refractivity contribution in [3.05, 3.63) is 52.5 Å². The number of rotatable bonds is 5. The lowest BCUT2D eigenvalue weighted by Gasteiger charge is -2.34. The minimum Gasteiger partial charge on any atom is -0.340 e. The Morgan fingerprint density at radius 1 is 1.18 bits per heavy atom. The number of hydrogen-bond donors (Lipinski definition) is 0. The molecular weight excluding hydrogens is 294 g/mol. The van der Waals surface area contributed by atoms with Gasteiger partial charge < -0.3 is 4.90 Å². The summed E-state index contributed by atoms with van der Waals surface area (Å²) in [7, 11) is 0. The molecule has 5 heteroatoms. The number of pyridine rings is 1. The van der Waals surface area contributed by atoms with Gasteiger partial charge in [-0.15, -0.1) is 0 Å². The van der Waals surface area contributed by atoms with E-state index in [1.165, 1.54) is 5.56 Å². The number of piperazine rings is 1. The summed E-state index contributed by atoms with van der Waals surface area (Å²) in [6, 6.07) is 8.11. The van der Waals surface area contributed by atoms with Crippen molar-refractivity contribution in [2.24, 2.45) is 0 Å². The van der Waals surface area contributed by atoms with E-state index < -0.39 is 0 Å². The topological polar surface area (TPSA) is 36.4 Å². The molecule has 1 fully saturated rings. The van der Waals surface area contributed by atoms with Crippen LogP contribution >= 0.6 is 11.3 Å². The van der Waals surface area contributed by atoms with E-state index in [4.69, 9.17) is 0 Å². The normalized spacial score (nSPS) is 15.9. The third-order valence-electron chi connectivity index (χ3n) is 4.04. The van der Waals surface area contributed by atoms with Crippen molar-refractivity contribution in [3.63, 3.8) is 0 Å². The van der Waals surface area contributed by atoms with Crippen molar-refractivity contribution in [2.45, 2.75) is 19.4 Å². The Morgan fingerprint density at radius 2 is 2.05 bits per heavy atom. The van der Waals surface area contributed by atoms with E-state index in [1.54, 1.807) is 11.3 Å². The van der Waals surface area contributed by atoms with E-state index in [9.17, 15) is 4.79 Å². The maximum Gasteiger partial charge on any atom is 0.222 e. The van der Waals surface area contributed by atoms with Gasteiger partial charge in [0.2, 0.25) is 5.91 Å². The standard InChI is InChI=1S/C17H21N3OS/c21-17(5-4-15-6-12-22-14-15)20-10-8-19(9-11-20)13-16-3-1-2-7-18-16/h1-3,6-7,12,14H,4-5,8-11,13H2. The van der Waals surface area contributed by atoms with Crippen LogP contribution in [0.2, 0.25) is 0 Å². The maximum atomic E-state index is 12.3. The molecule has 2 aromatic heterocycles. The largest absolute Gasteiger partial charge is 0.340 e. The van der Waals surface area contributed by atoms with Crippen LogP contribution in [0.25, 0.3) is 0 Å². The minimum absolute atomic E-state index is 0.281. The highest BCUT2D eigenvalue weighted by atomic mass is 32.1. The first-order valence-corrected chi connectivity index (χ1v) is 8.66. The van der Waals surface area contributed by atoms with Crippen molar-refractivity contribution in [1.82, 2.24) is 14.8 Å². The summed E-state index contributed by atoms with van der Waals surface area (Å²) < 4.78 is 0. The highest BCUT2D eigenvalue weighted by Gasteiger charge is 2.21. The number of hydrogen-bond acceptors (Lipinski definition) is 4. The molecule has 1 aliphatic heterocycles. The molecule has 4 nitrogen and oxygen atoms in total. The zero-order valence-electron chi connectivity index (χ0n) is 12.6. The number of amides is 1. The van der Waals surface area contributed by atoms with Crippen molar-refractivity contribution in [2.75, 3.05) is 26.2 Å². The van der Waals surface area contributed by atoms with Crippen LogP contribution in [-0.4, -0.2) is 46.9 Å². The molecule has 116 valence electrons. The number of carbonyl (C=O) groups excluding carboxylic acids is 1. The van der Waals surface area contributed by atoms with Crippen LogP contribution in [0, 0.1) is 0 Å². The summed E-state index contributed by atoms with van der Waals surface area (Å²) >= 11 is 1.69. The summed E-state index contributed by atoms with van der Waals surface area (Å²) in [5.74, 6) is 0.281. The molecule has 3 rings (SSSR count). The van der Waals surface area contributed by atoms with Crippen LogP contribution in [0.15, 0.2) is 41.2 Å². The monoisotopic (exact) mass is 315 g/mol. The molecule has 2 aromatic rings. The molecule has 0 aliphatic carbocycles. The van der Waals surface area contributed by atoms with Crippen LogP contribution in [0.5, 0.6) is 0 Å². The van der Waals surface area contributed by atoms with E-state index in [1.807, 2.05) is 23.2 Å². The number of thiophene rings is 1.